The van der Waals surface area contributed by atoms with Gasteiger partial charge in [-0.2, -0.15) is 36.9 Å². The highest BCUT2D eigenvalue weighted by molar-refractivity contribution is 5.91. The number of nitrogens with zero attached hydrogens (tertiary/aromatic N) is 2. The second-order valence-electron chi connectivity index (χ2n) is 11.9. The molecule has 0 aliphatic rings. The Bertz CT molecular complexity index is 2150. The van der Waals surface area contributed by atoms with Gasteiger partial charge in [-0.05, 0) is 92.1 Å². The molecule has 0 spiro atoms. The van der Waals surface area contributed by atoms with E-state index >= 15 is 0 Å². The molecule has 0 aliphatic carbocycles. The minimum atomic E-state index is -4.44. The van der Waals surface area contributed by atoms with Crippen molar-refractivity contribution in [3.63, 3.8) is 0 Å². The van der Waals surface area contributed by atoms with Crippen LogP contribution in [0, 0.1) is 22.7 Å². The number of nitriles is 2. The van der Waals surface area contributed by atoms with Crippen LogP contribution in [0.15, 0.2) is 146 Å². The second kappa shape index (κ2) is 14.7. The molecule has 0 heterocycles. The highest BCUT2D eigenvalue weighted by Gasteiger charge is 2.30. The molecular formula is C44H26F6N2. The van der Waals surface area contributed by atoms with E-state index in [1.54, 1.807) is 12.2 Å². The summed E-state index contributed by atoms with van der Waals surface area (Å²) < 4.78 is 77.5. The average molecular weight is 697 g/mol. The highest BCUT2D eigenvalue weighted by atomic mass is 19.4. The summed E-state index contributed by atoms with van der Waals surface area (Å²) in [5.41, 5.74) is 7.24. The van der Waals surface area contributed by atoms with Crippen molar-refractivity contribution >= 4 is 23.3 Å². The molecule has 52 heavy (non-hydrogen) atoms. The fraction of sp³-hybridized carbons (Fsp3) is 0.0455. The SMILES string of the molecule is N#C/C(=C\c1ccc(-c2ccc(-c3ccc(-c4ccc(/C=C(\C#N)c5ccc(C(F)(F)F)cc5)cc4)cc3)cc2)cc1)c1ccc(C(F)(F)F)cc1. The lowest BCUT2D eigenvalue weighted by Gasteiger charge is -2.08. The van der Waals surface area contributed by atoms with E-state index in [-0.39, 0.29) is 11.1 Å². The normalized spacial score (nSPS) is 12.2. The minimum absolute atomic E-state index is 0.259. The maximum absolute atomic E-state index is 12.9. The number of hydrogen-bond acceptors (Lipinski definition) is 2. The van der Waals surface area contributed by atoms with Crippen LogP contribution >= 0.6 is 0 Å². The predicted octanol–water partition coefficient (Wildman–Crippen LogP) is 12.9. The molecule has 0 saturated carbocycles. The Hall–Kier alpha value is -6.64. The van der Waals surface area contributed by atoms with Gasteiger partial charge in [-0.3, -0.25) is 0 Å². The van der Waals surface area contributed by atoms with Crippen LogP contribution in [0.4, 0.5) is 26.3 Å². The molecule has 6 rings (SSSR count). The van der Waals surface area contributed by atoms with Gasteiger partial charge >= 0.3 is 12.4 Å². The summed E-state index contributed by atoms with van der Waals surface area (Å²) in [5, 5.41) is 19.2. The molecule has 0 aromatic heterocycles. The van der Waals surface area contributed by atoms with Crippen LogP contribution in [-0.2, 0) is 12.4 Å². The number of allylic oxidation sites excluding steroid dienone is 2. The monoisotopic (exact) mass is 696 g/mol. The van der Waals surface area contributed by atoms with Crippen LogP contribution in [0.5, 0.6) is 0 Å². The molecule has 6 aromatic rings. The zero-order valence-corrected chi connectivity index (χ0v) is 27.2. The molecule has 0 radical (unpaired) electrons. The summed E-state index contributed by atoms with van der Waals surface area (Å²) in [6, 6.07) is 44.5. The van der Waals surface area contributed by atoms with Gasteiger partial charge in [-0.15, -0.1) is 0 Å². The average Bonchev–Trinajstić information content (AvgIpc) is 3.16. The van der Waals surface area contributed by atoms with Gasteiger partial charge in [0.05, 0.1) is 34.4 Å². The van der Waals surface area contributed by atoms with E-state index in [0.29, 0.717) is 11.1 Å². The fourth-order valence-corrected chi connectivity index (χ4v) is 5.63. The van der Waals surface area contributed by atoms with Crippen molar-refractivity contribution in [3.8, 4) is 45.5 Å². The van der Waals surface area contributed by atoms with E-state index in [1.165, 1.54) is 24.3 Å². The van der Waals surface area contributed by atoms with E-state index in [4.69, 9.17) is 0 Å². The van der Waals surface area contributed by atoms with Crippen LogP contribution in [0.3, 0.4) is 0 Å². The molecule has 0 atom stereocenters. The summed E-state index contributed by atoms with van der Waals surface area (Å²) in [6.45, 7) is 0. The van der Waals surface area contributed by atoms with Gasteiger partial charge in [-0.25, -0.2) is 0 Å². The van der Waals surface area contributed by atoms with Gasteiger partial charge in [0.25, 0.3) is 0 Å². The van der Waals surface area contributed by atoms with Crippen LogP contribution in [0.2, 0.25) is 0 Å². The molecular weight excluding hydrogens is 670 g/mol. The van der Waals surface area contributed by atoms with Crippen molar-refractivity contribution in [2.75, 3.05) is 0 Å². The third kappa shape index (κ3) is 8.21. The maximum atomic E-state index is 12.9. The van der Waals surface area contributed by atoms with Gasteiger partial charge in [0.15, 0.2) is 0 Å². The van der Waals surface area contributed by atoms with E-state index in [1.807, 2.05) is 97.1 Å². The minimum Gasteiger partial charge on any atom is -0.192 e. The summed E-state index contributed by atoms with van der Waals surface area (Å²) in [5.74, 6) is 0. The van der Waals surface area contributed by atoms with Gasteiger partial charge in [0.1, 0.15) is 0 Å². The number of rotatable bonds is 7. The number of halogens is 6. The molecule has 6 aromatic carbocycles. The van der Waals surface area contributed by atoms with Crippen molar-refractivity contribution in [2.24, 2.45) is 0 Å². The second-order valence-corrected chi connectivity index (χ2v) is 11.9. The Balaban J connectivity index is 1.11. The molecule has 2 nitrogen and oxygen atoms in total. The Morgan fingerprint density at radius 1 is 0.365 bits per heavy atom. The van der Waals surface area contributed by atoms with Crippen molar-refractivity contribution < 1.29 is 26.3 Å². The first-order chi connectivity index (χ1) is 24.9. The van der Waals surface area contributed by atoms with Gasteiger partial charge in [0, 0.05) is 0 Å². The van der Waals surface area contributed by atoms with Crippen molar-refractivity contribution in [1.82, 2.24) is 0 Å². The topological polar surface area (TPSA) is 47.6 Å². The zero-order valence-electron chi connectivity index (χ0n) is 27.2. The summed E-state index contributed by atoms with van der Waals surface area (Å²) in [4.78, 5) is 0. The van der Waals surface area contributed by atoms with E-state index in [2.05, 4.69) is 12.1 Å². The first kappa shape index (κ1) is 35.2. The van der Waals surface area contributed by atoms with E-state index in [0.717, 1.165) is 68.8 Å². The molecule has 0 aliphatic heterocycles. The molecule has 0 N–H and O–H groups in total. The van der Waals surface area contributed by atoms with Crippen molar-refractivity contribution in [1.29, 1.82) is 10.5 Å². The first-order valence-corrected chi connectivity index (χ1v) is 15.9. The van der Waals surface area contributed by atoms with Crippen LogP contribution in [0.25, 0.3) is 56.7 Å². The van der Waals surface area contributed by atoms with E-state index < -0.39 is 23.5 Å². The smallest absolute Gasteiger partial charge is 0.192 e. The molecule has 0 bridgehead atoms. The molecule has 0 saturated heterocycles. The van der Waals surface area contributed by atoms with Crippen LogP contribution in [0.1, 0.15) is 33.4 Å². The molecule has 0 fully saturated rings. The maximum Gasteiger partial charge on any atom is 0.416 e. The Morgan fingerprint density at radius 2 is 0.596 bits per heavy atom. The quantitative estimate of drug-likeness (QED) is 0.0948. The largest absolute Gasteiger partial charge is 0.416 e. The summed E-state index contributed by atoms with van der Waals surface area (Å²) in [6.07, 6.45) is -5.60. The summed E-state index contributed by atoms with van der Waals surface area (Å²) >= 11 is 0. The molecule has 0 unspecified atom stereocenters. The van der Waals surface area contributed by atoms with Gasteiger partial charge in [0.2, 0.25) is 0 Å². The van der Waals surface area contributed by atoms with Crippen LogP contribution < -0.4 is 0 Å². The zero-order chi connectivity index (χ0) is 36.9. The predicted molar refractivity (Wildman–Crippen MR) is 193 cm³/mol. The Morgan fingerprint density at radius 3 is 0.808 bits per heavy atom. The van der Waals surface area contributed by atoms with Gasteiger partial charge < -0.3 is 0 Å². The standard InChI is InChI=1S/C44H26F6N2/c45-43(46,47)41-21-17-37(18-22-41)39(27-51)25-29-1-5-31(6-2-29)33-9-13-35(14-10-33)36-15-11-34(12-16-36)32-7-3-30(4-8-32)26-40(28-52)38-19-23-42(24-20-38)44(48,49)50/h1-26H/b39-25+,40-26+. The summed E-state index contributed by atoms with van der Waals surface area (Å²) in [7, 11) is 0. The van der Waals surface area contributed by atoms with Crippen molar-refractivity contribution in [2.45, 2.75) is 12.4 Å². The molecule has 8 heteroatoms. The Kier molecular flexibility index (Phi) is 9.94. The molecule has 254 valence electrons. The first-order valence-electron chi connectivity index (χ1n) is 15.9. The number of benzene rings is 6. The van der Waals surface area contributed by atoms with Crippen LogP contribution in [-0.4, -0.2) is 0 Å². The van der Waals surface area contributed by atoms with E-state index in [9.17, 15) is 36.9 Å². The van der Waals surface area contributed by atoms with Gasteiger partial charge in [-0.1, -0.05) is 121 Å². The molecule has 0 amide bonds. The lowest BCUT2D eigenvalue weighted by Crippen LogP contribution is -2.04. The Labute approximate surface area is 296 Å². The lowest BCUT2D eigenvalue weighted by atomic mass is 9.96. The third-order valence-electron chi connectivity index (χ3n) is 8.50. The highest BCUT2D eigenvalue weighted by Crippen LogP contribution is 2.33. The van der Waals surface area contributed by atoms with Crippen molar-refractivity contribution in [3.05, 3.63) is 179 Å². The lowest BCUT2D eigenvalue weighted by molar-refractivity contribution is -0.138. The third-order valence-corrected chi connectivity index (χ3v) is 8.50. The number of hydrogen-bond donors (Lipinski definition) is 0. The fourth-order valence-electron chi connectivity index (χ4n) is 5.63. The number of alkyl halides is 6.